The van der Waals surface area contributed by atoms with E-state index >= 15 is 0 Å². The molecule has 8 N–H and O–H groups in total. The molecule has 0 fully saturated rings. The van der Waals surface area contributed by atoms with E-state index in [-0.39, 0.29) is 56.5 Å². The Labute approximate surface area is 374 Å². The predicted octanol–water partition coefficient (Wildman–Crippen LogP) is 5.57. The number of primary amides is 2. The molecule has 0 heterocycles. The lowest BCUT2D eigenvalue weighted by Crippen LogP contribution is -2.57. The van der Waals surface area contributed by atoms with Crippen LogP contribution in [0.25, 0.3) is 11.1 Å². The van der Waals surface area contributed by atoms with E-state index in [1.807, 2.05) is 24.3 Å². The van der Waals surface area contributed by atoms with Crippen molar-refractivity contribution in [2.45, 2.75) is 103 Å². The molecular formula is C46H62N8O10. The smallest absolute Gasteiger partial charge is 0.429 e. The summed E-state index contributed by atoms with van der Waals surface area (Å²) in [5.74, 6) is -2.23. The van der Waals surface area contributed by atoms with Gasteiger partial charge in [0, 0.05) is 38.2 Å². The van der Waals surface area contributed by atoms with Crippen LogP contribution in [0.2, 0.25) is 0 Å². The van der Waals surface area contributed by atoms with Gasteiger partial charge in [-0.3, -0.25) is 19.3 Å². The van der Waals surface area contributed by atoms with E-state index < -0.39 is 59.7 Å². The highest BCUT2D eigenvalue weighted by atomic mass is 16.6. The molecule has 1 aliphatic carbocycles. The number of fused-ring (bicyclic) bond motifs is 3. The molecule has 0 radical (unpaired) electrons. The van der Waals surface area contributed by atoms with Gasteiger partial charge in [-0.1, -0.05) is 80.9 Å². The number of hydrogen-bond donors (Lipinski definition) is 6. The molecule has 18 heteroatoms. The van der Waals surface area contributed by atoms with Crippen LogP contribution in [0.15, 0.2) is 72.8 Å². The second-order valence-corrected chi connectivity index (χ2v) is 16.8. The first kappa shape index (κ1) is 49.8. The minimum Gasteiger partial charge on any atom is -0.449 e. The first-order chi connectivity index (χ1) is 30.4. The minimum atomic E-state index is -1.18. The highest BCUT2D eigenvalue weighted by molar-refractivity contribution is 6.04. The first-order valence-electron chi connectivity index (χ1n) is 21.4. The third-order valence-corrected chi connectivity index (χ3v) is 10.3. The molecule has 346 valence electrons. The Morgan fingerprint density at radius 2 is 1.36 bits per heavy atom. The number of alkyl carbamates (subject to hydrolysis) is 1. The number of nitrogens with zero attached hydrogens (tertiary/aromatic N) is 2. The molecular weight excluding hydrogens is 825 g/mol. The van der Waals surface area contributed by atoms with Gasteiger partial charge in [-0.2, -0.15) is 0 Å². The maximum atomic E-state index is 14.4. The maximum Gasteiger partial charge on any atom is 0.429 e. The van der Waals surface area contributed by atoms with E-state index in [0.29, 0.717) is 31.4 Å². The molecule has 3 aromatic carbocycles. The maximum absolute atomic E-state index is 14.4. The predicted molar refractivity (Wildman–Crippen MR) is 239 cm³/mol. The van der Waals surface area contributed by atoms with E-state index in [2.05, 4.69) is 45.6 Å². The normalized spacial score (nSPS) is 12.7. The fourth-order valence-electron chi connectivity index (χ4n) is 7.15. The van der Waals surface area contributed by atoms with Crippen LogP contribution in [0.5, 0.6) is 0 Å². The topological polar surface area (TPSA) is 254 Å². The molecule has 4 rings (SSSR count). The standard InChI is InChI=1S/C46H62N8O10/c1-29(2)39(51-38(55)20-8-7-13-25-50-43(59)63-28-36-34-17-11-9-15-32(34)33-16-10-12-18-35(33)36)41(57)54(37(40(47)56)19-14-26-49-42(48)58)31-23-21-30(22-24-31)27-62-44(60)52-53(6)45(61)64-46(3,4)5/h9-12,15-18,21-24,29,36-37,39H,7-8,13-14,19-20,25-28H2,1-6H3,(H2,47,56)(H,50,59)(H,51,55)(H,52,60)(H3,48,49,58)/t37-,39-/m0/s1. The summed E-state index contributed by atoms with van der Waals surface area (Å²) in [6.45, 7) is 9.05. The number of carbonyl (C=O) groups excluding carboxylic acids is 7. The van der Waals surface area contributed by atoms with Crippen molar-refractivity contribution in [3.05, 3.63) is 89.5 Å². The molecule has 3 aromatic rings. The molecule has 0 saturated carbocycles. The van der Waals surface area contributed by atoms with E-state index in [1.54, 1.807) is 58.9 Å². The number of urea groups is 1. The van der Waals surface area contributed by atoms with Crippen LogP contribution in [0.1, 0.15) is 95.8 Å². The lowest BCUT2D eigenvalue weighted by Gasteiger charge is -2.34. The van der Waals surface area contributed by atoms with Crippen LogP contribution >= 0.6 is 0 Å². The fraction of sp³-hybridized carbons (Fsp3) is 0.457. The van der Waals surface area contributed by atoms with Crippen LogP contribution in [-0.4, -0.2) is 91.5 Å². The van der Waals surface area contributed by atoms with E-state index in [9.17, 15) is 33.6 Å². The van der Waals surface area contributed by atoms with E-state index in [1.165, 1.54) is 11.9 Å². The van der Waals surface area contributed by atoms with Crippen LogP contribution in [0.3, 0.4) is 0 Å². The number of nitrogens with two attached hydrogens (primary N) is 2. The van der Waals surface area contributed by atoms with Crippen molar-refractivity contribution < 1.29 is 47.8 Å². The number of hydrogen-bond acceptors (Lipinski definition) is 10. The molecule has 0 bridgehead atoms. The van der Waals surface area contributed by atoms with E-state index in [0.717, 1.165) is 27.3 Å². The van der Waals surface area contributed by atoms with Crippen LogP contribution in [0.4, 0.5) is 24.9 Å². The summed E-state index contributed by atoms with van der Waals surface area (Å²) in [6, 6.07) is 19.5. The lowest BCUT2D eigenvalue weighted by molar-refractivity contribution is -0.130. The van der Waals surface area contributed by atoms with Gasteiger partial charge in [0.25, 0.3) is 5.91 Å². The molecule has 0 aromatic heterocycles. The van der Waals surface area contributed by atoms with Crippen molar-refractivity contribution in [2.24, 2.45) is 17.4 Å². The number of benzene rings is 3. The molecule has 2 atom stereocenters. The van der Waals surface area contributed by atoms with Crippen molar-refractivity contribution in [1.29, 1.82) is 0 Å². The number of rotatable bonds is 20. The number of nitrogens with one attached hydrogen (secondary N) is 4. The van der Waals surface area contributed by atoms with Crippen molar-refractivity contribution in [3.8, 4) is 11.1 Å². The number of carbonyl (C=O) groups is 7. The zero-order chi connectivity index (χ0) is 47.0. The quantitative estimate of drug-likeness (QED) is 0.0467. The molecule has 0 aliphatic heterocycles. The number of hydrazine groups is 1. The summed E-state index contributed by atoms with van der Waals surface area (Å²) in [6.07, 6.45) is -0.130. The second-order valence-electron chi connectivity index (χ2n) is 16.8. The average molecular weight is 887 g/mol. The molecule has 0 unspecified atom stereocenters. The average Bonchev–Trinajstić information content (AvgIpc) is 3.56. The van der Waals surface area contributed by atoms with Gasteiger partial charge in [-0.25, -0.2) is 29.6 Å². The molecule has 8 amide bonds. The van der Waals surface area contributed by atoms with Gasteiger partial charge >= 0.3 is 24.3 Å². The van der Waals surface area contributed by atoms with Crippen molar-refractivity contribution in [1.82, 2.24) is 26.4 Å². The molecule has 0 spiro atoms. The third kappa shape index (κ3) is 14.9. The first-order valence-corrected chi connectivity index (χ1v) is 21.4. The zero-order valence-electron chi connectivity index (χ0n) is 37.4. The molecule has 0 saturated heterocycles. The van der Waals surface area contributed by atoms with Gasteiger partial charge in [0.15, 0.2) is 0 Å². The van der Waals surface area contributed by atoms with Gasteiger partial charge in [0.1, 0.15) is 30.9 Å². The summed E-state index contributed by atoms with van der Waals surface area (Å²) in [4.78, 5) is 90.4. The summed E-state index contributed by atoms with van der Waals surface area (Å²) in [5.41, 5.74) is 17.9. The van der Waals surface area contributed by atoms with Gasteiger partial charge < -0.3 is 41.6 Å². The largest absolute Gasteiger partial charge is 0.449 e. The van der Waals surface area contributed by atoms with Crippen molar-refractivity contribution >= 4 is 47.7 Å². The summed E-state index contributed by atoms with van der Waals surface area (Å²) in [7, 11) is 1.30. The highest BCUT2D eigenvalue weighted by Gasteiger charge is 2.36. The monoisotopic (exact) mass is 886 g/mol. The lowest BCUT2D eigenvalue weighted by atomic mass is 9.98. The Balaban J connectivity index is 1.31. The van der Waals surface area contributed by atoms with Gasteiger partial charge in [-0.05, 0) is 92.3 Å². The van der Waals surface area contributed by atoms with Crippen molar-refractivity contribution in [2.75, 3.05) is 31.6 Å². The Morgan fingerprint density at radius 1 is 0.750 bits per heavy atom. The van der Waals surface area contributed by atoms with Crippen LogP contribution in [-0.2, 0) is 35.2 Å². The molecule has 18 nitrogen and oxygen atoms in total. The SMILES string of the molecule is CC(C)[C@H](NC(=O)CCCCCNC(=O)OCC1c2ccccc2-c2ccccc21)C(=O)N(c1ccc(COC(=O)NN(C)C(=O)OC(C)(C)C)cc1)[C@@H](CCCNC(N)=O)C(N)=O. The second kappa shape index (κ2) is 23.6. The Morgan fingerprint density at radius 3 is 1.94 bits per heavy atom. The molecule has 64 heavy (non-hydrogen) atoms. The number of unbranched alkanes of at least 4 members (excludes halogenated alkanes) is 2. The molecule has 1 aliphatic rings. The Bertz CT molecular complexity index is 2060. The summed E-state index contributed by atoms with van der Waals surface area (Å²) < 4.78 is 16.1. The highest BCUT2D eigenvalue weighted by Crippen LogP contribution is 2.44. The number of anilines is 1. The van der Waals surface area contributed by atoms with E-state index in [4.69, 9.17) is 25.7 Å². The van der Waals surface area contributed by atoms with Gasteiger partial charge in [0.2, 0.25) is 11.8 Å². The Hall–Kier alpha value is -6.85. The zero-order valence-corrected chi connectivity index (χ0v) is 37.4. The summed E-state index contributed by atoms with van der Waals surface area (Å²) >= 11 is 0. The minimum absolute atomic E-state index is 0.0485. The fourth-order valence-corrected chi connectivity index (χ4v) is 7.15. The Kier molecular flexibility index (Phi) is 18.3. The number of amides is 8. The van der Waals surface area contributed by atoms with Crippen molar-refractivity contribution in [3.63, 3.8) is 0 Å². The third-order valence-electron chi connectivity index (χ3n) is 10.3. The van der Waals surface area contributed by atoms with Crippen LogP contribution in [0, 0.1) is 5.92 Å². The van der Waals surface area contributed by atoms with Gasteiger partial charge in [-0.15, -0.1) is 0 Å². The summed E-state index contributed by atoms with van der Waals surface area (Å²) in [5, 5.41) is 8.94. The van der Waals surface area contributed by atoms with Gasteiger partial charge in [0.05, 0.1) is 0 Å². The van der Waals surface area contributed by atoms with Crippen LogP contribution < -0.4 is 37.7 Å². The number of ether oxygens (including phenoxy) is 3.